The highest BCUT2D eigenvalue weighted by Crippen LogP contribution is 2.30. The number of anilines is 1. The largest absolute Gasteiger partial charge is 0.326 e. The molecule has 1 aliphatic heterocycles. The first-order valence-electron chi connectivity index (χ1n) is 8.52. The number of amides is 4. The van der Waals surface area contributed by atoms with Crippen LogP contribution in [-0.4, -0.2) is 28.8 Å². The van der Waals surface area contributed by atoms with Gasteiger partial charge < -0.3 is 10.6 Å². The number of halogens is 1. The second kappa shape index (κ2) is 7.04. The average molecular weight is 386 g/mol. The molecule has 27 heavy (non-hydrogen) atoms. The topological polar surface area (TPSA) is 78.5 Å². The van der Waals surface area contributed by atoms with Gasteiger partial charge in [-0.2, -0.15) is 0 Å². The second-order valence-electron chi connectivity index (χ2n) is 6.77. The lowest BCUT2D eigenvalue weighted by Gasteiger charge is -2.24. The molecular formula is C20H20ClN3O3. The van der Waals surface area contributed by atoms with Crippen molar-refractivity contribution in [3.05, 3.63) is 64.7 Å². The van der Waals surface area contributed by atoms with Gasteiger partial charge in [0.15, 0.2) is 0 Å². The molecule has 2 N–H and O–H groups in total. The molecule has 0 saturated carbocycles. The molecule has 0 spiro atoms. The van der Waals surface area contributed by atoms with Crippen LogP contribution in [0.5, 0.6) is 0 Å². The summed E-state index contributed by atoms with van der Waals surface area (Å²) in [5.41, 5.74) is 0.990. The fourth-order valence-corrected chi connectivity index (χ4v) is 3.22. The van der Waals surface area contributed by atoms with Crippen LogP contribution in [0.4, 0.5) is 10.5 Å². The number of nitrogens with one attached hydrogen (secondary N) is 2. The number of benzene rings is 2. The number of aryl methyl sites for hydroxylation is 1. The Bertz CT molecular complexity index is 913. The summed E-state index contributed by atoms with van der Waals surface area (Å²) in [6.45, 7) is 5.09. The molecule has 0 aliphatic carbocycles. The van der Waals surface area contributed by atoms with E-state index < -0.39 is 29.4 Å². The van der Waals surface area contributed by atoms with Crippen molar-refractivity contribution in [2.45, 2.75) is 32.4 Å². The van der Waals surface area contributed by atoms with Crippen LogP contribution < -0.4 is 10.6 Å². The number of hydrogen-bond acceptors (Lipinski definition) is 3. The Kier molecular flexibility index (Phi) is 4.93. The summed E-state index contributed by atoms with van der Waals surface area (Å²) in [5.74, 6) is -0.945. The number of nitrogens with zero attached hydrogens (tertiary/aromatic N) is 1. The molecule has 4 amide bonds. The van der Waals surface area contributed by atoms with Crippen molar-refractivity contribution in [1.82, 2.24) is 10.2 Å². The molecule has 3 rings (SSSR count). The van der Waals surface area contributed by atoms with Gasteiger partial charge in [-0.05, 0) is 44.5 Å². The SMILES string of the molecule is Cc1ccc([C@@]2(C)NC(=O)N([C@H](C)C(=O)Nc3cccc(Cl)c3)C2=O)cc1. The van der Waals surface area contributed by atoms with Crippen molar-refractivity contribution in [2.75, 3.05) is 5.32 Å². The summed E-state index contributed by atoms with van der Waals surface area (Å²) < 4.78 is 0. The van der Waals surface area contributed by atoms with Crippen LogP contribution in [0.2, 0.25) is 5.02 Å². The Morgan fingerprint density at radius 1 is 1.19 bits per heavy atom. The smallest absolute Gasteiger partial charge is 0.324 e. The van der Waals surface area contributed by atoms with E-state index in [9.17, 15) is 14.4 Å². The lowest BCUT2D eigenvalue weighted by molar-refractivity contribution is -0.136. The van der Waals surface area contributed by atoms with Crippen molar-refractivity contribution in [3.63, 3.8) is 0 Å². The second-order valence-corrected chi connectivity index (χ2v) is 7.21. The van der Waals surface area contributed by atoms with Gasteiger partial charge in [0.2, 0.25) is 5.91 Å². The highest BCUT2D eigenvalue weighted by atomic mass is 35.5. The third kappa shape index (κ3) is 3.53. The van der Waals surface area contributed by atoms with Crippen molar-refractivity contribution in [2.24, 2.45) is 0 Å². The van der Waals surface area contributed by atoms with Crippen LogP contribution in [0, 0.1) is 6.92 Å². The van der Waals surface area contributed by atoms with Crippen LogP contribution in [0.15, 0.2) is 48.5 Å². The minimum Gasteiger partial charge on any atom is -0.324 e. The molecule has 2 aromatic carbocycles. The van der Waals surface area contributed by atoms with Crippen LogP contribution in [0.3, 0.4) is 0 Å². The summed E-state index contributed by atoms with van der Waals surface area (Å²) >= 11 is 5.92. The van der Waals surface area contributed by atoms with E-state index in [1.54, 1.807) is 43.3 Å². The molecule has 1 fully saturated rings. The number of carbonyl (C=O) groups is 3. The van der Waals surface area contributed by atoms with Crippen molar-refractivity contribution >= 4 is 35.1 Å². The first-order chi connectivity index (χ1) is 12.7. The van der Waals surface area contributed by atoms with E-state index in [0.717, 1.165) is 10.5 Å². The molecule has 0 aromatic heterocycles. The predicted molar refractivity (Wildman–Crippen MR) is 103 cm³/mol. The van der Waals surface area contributed by atoms with Crippen LogP contribution >= 0.6 is 11.6 Å². The maximum absolute atomic E-state index is 13.0. The minimum absolute atomic E-state index is 0.468. The first-order valence-corrected chi connectivity index (χ1v) is 8.89. The van der Waals surface area contributed by atoms with Crippen molar-refractivity contribution in [1.29, 1.82) is 0 Å². The van der Waals surface area contributed by atoms with Gasteiger partial charge in [-0.15, -0.1) is 0 Å². The molecule has 6 nitrogen and oxygen atoms in total. The van der Waals surface area contributed by atoms with E-state index in [1.165, 1.54) is 6.92 Å². The van der Waals surface area contributed by atoms with E-state index in [4.69, 9.17) is 11.6 Å². The highest BCUT2D eigenvalue weighted by Gasteiger charge is 2.51. The summed E-state index contributed by atoms with van der Waals surface area (Å²) in [7, 11) is 0. The quantitative estimate of drug-likeness (QED) is 0.791. The van der Waals surface area contributed by atoms with E-state index in [2.05, 4.69) is 10.6 Å². The standard InChI is InChI=1S/C20H20ClN3O3/c1-12-7-9-14(10-8-12)20(3)18(26)24(19(27)23-20)13(2)17(25)22-16-6-4-5-15(21)11-16/h4-11,13H,1-3H3,(H,22,25)(H,23,27)/t13-,20-/m1/s1. The van der Waals surface area contributed by atoms with Gasteiger partial charge in [0, 0.05) is 10.7 Å². The van der Waals surface area contributed by atoms with Gasteiger partial charge in [0.1, 0.15) is 11.6 Å². The number of rotatable bonds is 4. The Morgan fingerprint density at radius 2 is 1.85 bits per heavy atom. The zero-order valence-electron chi connectivity index (χ0n) is 15.2. The zero-order valence-corrected chi connectivity index (χ0v) is 16.0. The number of carbonyl (C=O) groups excluding carboxylic acids is 3. The van der Waals surface area contributed by atoms with E-state index in [0.29, 0.717) is 16.3 Å². The van der Waals surface area contributed by atoms with E-state index in [1.807, 2.05) is 19.1 Å². The van der Waals surface area contributed by atoms with Gasteiger partial charge in [-0.3, -0.25) is 9.59 Å². The van der Waals surface area contributed by atoms with Crippen LogP contribution in [0.25, 0.3) is 0 Å². The maximum atomic E-state index is 13.0. The maximum Gasteiger partial charge on any atom is 0.326 e. The Morgan fingerprint density at radius 3 is 2.48 bits per heavy atom. The minimum atomic E-state index is -1.21. The molecule has 1 aliphatic rings. The number of imide groups is 1. The molecule has 0 bridgehead atoms. The molecular weight excluding hydrogens is 366 g/mol. The Balaban J connectivity index is 1.81. The molecule has 7 heteroatoms. The lowest BCUT2D eigenvalue weighted by atomic mass is 9.91. The molecule has 140 valence electrons. The fraction of sp³-hybridized carbons (Fsp3) is 0.250. The summed E-state index contributed by atoms with van der Waals surface area (Å²) in [4.78, 5) is 39.0. The zero-order chi connectivity index (χ0) is 19.8. The fourth-order valence-electron chi connectivity index (χ4n) is 3.03. The van der Waals surface area contributed by atoms with E-state index in [-0.39, 0.29) is 0 Å². The van der Waals surface area contributed by atoms with Crippen LogP contribution in [0.1, 0.15) is 25.0 Å². The van der Waals surface area contributed by atoms with Gasteiger partial charge in [0.05, 0.1) is 0 Å². The van der Waals surface area contributed by atoms with Gasteiger partial charge in [0.25, 0.3) is 5.91 Å². The highest BCUT2D eigenvalue weighted by molar-refractivity contribution is 6.30. The summed E-state index contributed by atoms with van der Waals surface area (Å²) in [6, 6.07) is 12.4. The first kappa shape index (κ1) is 18.9. The Labute approximate surface area is 162 Å². The molecule has 1 saturated heterocycles. The van der Waals surface area contributed by atoms with Gasteiger partial charge in [-0.1, -0.05) is 47.5 Å². The molecule has 2 aromatic rings. The third-order valence-electron chi connectivity index (χ3n) is 4.71. The average Bonchev–Trinajstić information content (AvgIpc) is 2.84. The number of urea groups is 1. The molecule has 1 heterocycles. The third-order valence-corrected chi connectivity index (χ3v) is 4.95. The van der Waals surface area contributed by atoms with Crippen LogP contribution in [-0.2, 0) is 15.1 Å². The lowest BCUT2D eigenvalue weighted by Crippen LogP contribution is -2.47. The van der Waals surface area contributed by atoms with Crippen molar-refractivity contribution < 1.29 is 14.4 Å². The van der Waals surface area contributed by atoms with Gasteiger partial charge >= 0.3 is 6.03 Å². The van der Waals surface area contributed by atoms with E-state index >= 15 is 0 Å². The summed E-state index contributed by atoms with van der Waals surface area (Å²) in [6.07, 6.45) is 0. The Hall–Kier alpha value is -2.86. The van der Waals surface area contributed by atoms with Gasteiger partial charge in [-0.25, -0.2) is 9.69 Å². The molecule has 0 unspecified atom stereocenters. The predicted octanol–water partition coefficient (Wildman–Crippen LogP) is 3.44. The monoisotopic (exact) mass is 385 g/mol. The number of hydrogen-bond donors (Lipinski definition) is 2. The van der Waals surface area contributed by atoms with Crippen molar-refractivity contribution in [3.8, 4) is 0 Å². The molecule has 0 radical (unpaired) electrons. The normalized spacial score (nSPS) is 20.4. The molecule has 2 atom stereocenters. The summed E-state index contributed by atoms with van der Waals surface area (Å²) in [5, 5.41) is 5.86.